The SMILES string of the molecule is CC(C)(C)OC(=O)N1C[C@@H]2[C@H](C1)C2(C)C1=NOC2(CC2)C1. The molecule has 1 unspecified atom stereocenters. The first-order valence-corrected chi connectivity index (χ1v) is 7.97. The van der Waals surface area contributed by atoms with Gasteiger partial charge in [-0.2, -0.15) is 0 Å². The molecule has 2 aliphatic carbocycles. The Hall–Kier alpha value is -1.26. The van der Waals surface area contributed by atoms with Crippen LogP contribution in [-0.4, -0.2) is 41.0 Å². The van der Waals surface area contributed by atoms with Crippen molar-refractivity contribution in [3.05, 3.63) is 0 Å². The zero-order valence-electron chi connectivity index (χ0n) is 13.3. The van der Waals surface area contributed by atoms with Crippen LogP contribution in [0.15, 0.2) is 5.16 Å². The number of piperidine rings is 1. The first kappa shape index (κ1) is 13.4. The maximum Gasteiger partial charge on any atom is 0.410 e. The topological polar surface area (TPSA) is 51.1 Å². The Kier molecular flexibility index (Phi) is 2.38. The summed E-state index contributed by atoms with van der Waals surface area (Å²) < 4.78 is 5.46. The molecule has 3 fully saturated rings. The summed E-state index contributed by atoms with van der Waals surface area (Å²) in [5, 5.41) is 4.38. The zero-order valence-corrected chi connectivity index (χ0v) is 13.3. The highest BCUT2D eigenvalue weighted by Gasteiger charge is 2.70. The number of nitrogens with zero attached hydrogens (tertiary/aromatic N) is 2. The second-order valence-electron chi connectivity index (χ2n) is 8.37. The average Bonchev–Trinajstić information content (AvgIpc) is 3.03. The summed E-state index contributed by atoms with van der Waals surface area (Å²) in [6, 6.07) is 0. The normalized spacial score (nSPS) is 38.9. The molecule has 21 heavy (non-hydrogen) atoms. The second kappa shape index (κ2) is 3.73. The van der Waals surface area contributed by atoms with Crippen LogP contribution in [0.25, 0.3) is 0 Å². The maximum absolute atomic E-state index is 12.1. The summed E-state index contributed by atoms with van der Waals surface area (Å²) in [5.74, 6) is 1.06. The molecule has 0 aromatic heterocycles. The number of fused-ring (bicyclic) bond motifs is 1. The van der Waals surface area contributed by atoms with Crippen molar-refractivity contribution in [1.82, 2.24) is 4.90 Å². The first-order chi connectivity index (χ1) is 9.74. The highest BCUT2D eigenvalue weighted by Crippen LogP contribution is 2.66. The van der Waals surface area contributed by atoms with Gasteiger partial charge in [-0.25, -0.2) is 4.79 Å². The second-order valence-corrected chi connectivity index (χ2v) is 8.37. The third-order valence-corrected chi connectivity index (χ3v) is 5.67. The molecule has 0 aromatic carbocycles. The van der Waals surface area contributed by atoms with Gasteiger partial charge in [-0.1, -0.05) is 12.1 Å². The lowest BCUT2D eigenvalue weighted by atomic mass is 9.91. The van der Waals surface area contributed by atoms with Gasteiger partial charge in [0, 0.05) is 24.9 Å². The average molecular weight is 292 g/mol. The summed E-state index contributed by atoms with van der Waals surface area (Å²) in [4.78, 5) is 19.6. The molecular formula is C16H24N2O3. The Morgan fingerprint density at radius 1 is 1.33 bits per heavy atom. The van der Waals surface area contributed by atoms with Crippen molar-refractivity contribution >= 4 is 11.8 Å². The molecule has 0 aromatic rings. The third kappa shape index (κ3) is 1.96. The van der Waals surface area contributed by atoms with Crippen LogP contribution in [0.2, 0.25) is 0 Å². The number of ether oxygens (including phenoxy) is 1. The predicted octanol–water partition coefficient (Wildman–Crippen LogP) is 2.80. The van der Waals surface area contributed by atoms with E-state index in [1.54, 1.807) is 0 Å². The van der Waals surface area contributed by atoms with Crippen molar-refractivity contribution in [3.8, 4) is 0 Å². The molecule has 2 saturated carbocycles. The van der Waals surface area contributed by atoms with E-state index in [2.05, 4.69) is 12.1 Å². The fraction of sp³-hybridized carbons (Fsp3) is 0.875. The molecule has 3 atom stereocenters. The van der Waals surface area contributed by atoms with Crippen molar-refractivity contribution in [2.75, 3.05) is 13.1 Å². The number of oxime groups is 1. The van der Waals surface area contributed by atoms with E-state index < -0.39 is 5.60 Å². The molecule has 2 aliphatic heterocycles. The van der Waals surface area contributed by atoms with Gasteiger partial charge >= 0.3 is 6.09 Å². The Balaban J connectivity index is 1.38. The lowest BCUT2D eigenvalue weighted by Crippen LogP contribution is -2.39. The van der Waals surface area contributed by atoms with Gasteiger partial charge in [0.1, 0.15) is 11.2 Å². The predicted molar refractivity (Wildman–Crippen MR) is 78.0 cm³/mol. The molecule has 1 amide bonds. The van der Waals surface area contributed by atoms with Crippen LogP contribution in [0, 0.1) is 17.3 Å². The van der Waals surface area contributed by atoms with Gasteiger partial charge in [-0.05, 0) is 45.4 Å². The molecule has 116 valence electrons. The minimum absolute atomic E-state index is 0.0695. The number of carbonyl (C=O) groups is 1. The molecule has 1 spiro atoms. The molecule has 0 radical (unpaired) electrons. The van der Waals surface area contributed by atoms with E-state index in [-0.39, 0.29) is 17.1 Å². The van der Waals surface area contributed by atoms with E-state index in [9.17, 15) is 4.79 Å². The van der Waals surface area contributed by atoms with Gasteiger partial charge in [-0.3, -0.25) is 0 Å². The van der Waals surface area contributed by atoms with Crippen molar-refractivity contribution in [2.45, 2.75) is 58.2 Å². The minimum atomic E-state index is -0.422. The van der Waals surface area contributed by atoms with Gasteiger partial charge in [-0.15, -0.1) is 0 Å². The molecule has 2 heterocycles. The fourth-order valence-corrected chi connectivity index (χ4v) is 4.00. The van der Waals surface area contributed by atoms with Gasteiger partial charge in [0.25, 0.3) is 0 Å². The fourth-order valence-electron chi connectivity index (χ4n) is 4.00. The monoisotopic (exact) mass is 292 g/mol. The summed E-state index contributed by atoms with van der Waals surface area (Å²) in [5.41, 5.74) is 1.04. The van der Waals surface area contributed by atoms with Gasteiger partial charge < -0.3 is 14.5 Å². The summed E-state index contributed by atoms with van der Waals surface area (Å²) in [6.07, 6.45) is 3.12. The van der Waals surface area contributed by atoms with E-state index in [4.69, 9.17) is 9.57 Å². The quantitative estimate of drug-likeness (QED) is 0.746. The van der Waals surface area contributed by atoms with Crippen molar-refractivity contribution in [1.29, 1.82) is 0 Å². The smallest absolute Gasteiger partial charge is 0.410 e. The van der Waals surface area contributed by atoms with Crippen LogP contribution in [0.4, 0.5) is 4.79 Å². The highest BCUT2D eigenvalue weighted by atomic mass is 16.7. The van der Waals surface area contributed by atoms with Crippen molar-refractivity contribution < 1.29 is 14.4 Å². The van der Waals surface area contributed by atoms with E-state index in [1.165, 1.54) is 5.71 Å². The molecule has 1 saturated heterocycles. The zero-order chi connectivity index (χ0) is 15.0. The number of rotatable bonds is 1. The van der Waals surface area contributed by atoms with Crippen molar-refractivity contribution in [2.24, 2.45) is 22.4 Å². The minimum Gasteiger partial charge on any atom is -0.444 e. The summed E-state index contributed by atoms with van der Waals surface area (Å²) >= 11 is 0. The molecular weight excluding hydrogens is 268 g/mol. The standard InChI is InChI=1S/C16H24N2O3/c1-14(2,3)20-13(19)18-8-10-11(9-18)15(10,4)12-7-16(5-6-16)21-17-12/h10-11H,5-9H2,1-4H3/t10-,11+,15?. The van der Waals surface area contributed by atoms with Crippen LogP contribution in [0.5, 0.6) is 0 Å². The van der Waals surface area contributed by atoms with E-state index in [0.29, 0.717) is 11.8 Å². The molecule has 4 rings (SSSR count). The van der Waals surface area contributed by atoms with Crippen LogP contribution in [0.1, 0.15) is 47.0 Å². The largest absolute Gasteiger partial charge is 0.444 e. The van der Waals surface area contributed by atoms with Gasteiger partial charge in [0.15, 0.2) is 0 Å². The van der Waals surface area contributed by atoms with Crippen LogP contribution in [-0.2, 0) is 9.57 Å². The number of carbonyl (C=O) groups excluding carboxylic acids is 1. The summed E-state index contributed by atoms with van der Waals surface area (Å²) in [7, 11) is 0. The van der Waals surface area contributed by atoms with Crippen LogP contribution >= 0.6 is 0 Å². The molecule has 4 aliphatic rings. The number of hydrogen-bond donors (Lipinski definition) is 0. The van der Waals surface area contributed by atoms with E-state index >= 15 is 0 Å². The third-order valence-electron chi connectivity index (χ3n) is 5.67. The Labute approximate surface area is 125 Å². The lowest BCUT2D eigenvalue weighted by molar-refractivity contribution is 0.0261. The number of hydrogen-bond acceptors (Lipinski definition) is 4. The molecule has 0 bridgehead atoms. The highest BCUT2D eigenvalue weighted by molar-refractivity contribution is 5.95. The number of amides is 1. The Morgan fingerprint density at radius 3 is 2.43 bits per heavy atom. The van der Waals surface area contributed by atoms with Gasteiger partial charge in [0.05, 0.1) is 5.71 Å². The molecule has 5 heteroatoms. The van der Waals surface area contributed by atoms with Crippen LogP contribution in [0.3, 0.4) is 0 Å². The lowest BCUT2D eigenvalue weighted by Gasteiger charge is -2.27. The Morgan fingerprint density at radius 2 is 1.95 bits per heavy atom. The Bertz CT molecular complexity index is 518. The van der Waals surface area contributed by atoms with Crippen LogP contribution < -0.4 is 0 Å². The number of likely N-dealkylation sites (tertiary alicyclic amines) is 1. The summed E-state index contributed by atoms with van der Waals surface area (Å²) in [6.45, 7) is 9.60. The van der Waals surface area contributed by atoms with E-state index in [1.807, 2.05) is 25.7 Å². The van der Waals surface area contributed by atoms with Crippen molar-refractivity contribution in [3.63, 3.8) is 0 Å². The maximum atomic E-state index is 12.1. The molecule has 5 nitrogen and oxygen atoms in total. The first-order valence-electron chi connectivity index (χ1n) is 7.97. The van der Waals surface area contributed by atoms with E-state index in [0.717, 1.165) is 32.4 Å². The molecule has 0 N–H and O–H groups in total. The van der Waals surface area contributed by atoms with Gasteiger partial charge in [0.2, 0.25) is 0 Å².